The molecule has 27 heavy (non-hydrogen) atoms. The van der Waals surface area contributed by atoms with Crippen molar-refractivity contribution in [3.63, 3.8) is 0 Å². The molecule has 1 aromatic heterocycles. The first-order chi connectivity index (χ1) is 12.9. The average molecular weight is 390 g/mol. The van der Waals surface area contributed by atoms with Gasteiger partial charge in [-0.15, -0.1) is 5.10 Å². The van der Waals surface area contributed by atoms with Gasteiger partial charge >= 0.3 is 0 Å². The van der Waals surface area contributed by atoms with Gasteiger partial charge in [0.1, 0.15) is 5.82 Å². The quantitative estimate of drug-likeness (QED) is 0.806. The van der Waals surface area contributed by atoms with Crippen LogP contribution in [0.3, 0.4) is 0 Å². The topological polar surface area (TPSA) is 66.4 Å². The summed E-state index contributed by atoms with van der Waals surface area (Å²) in [5, 5.41) is 8.42. The average Bonchev–Trinajstić information content (AvgIpc) is 3.06. The fraction of sp³-hybridized carbons (Fsp3) is 0.474. The van der Waals surface area contributed by atoms with Crippen molar-refractivity contribution in [1.82, 2.24) is 14.5 Å². The zero-order valence-corrected chi connectivity index (χ0v) is 16.1. The number of sulfonamides is 1. The SMILES string of the molecule is Cc1ccc(N2CCC[C@@]3(CCN(S(=O)(=O)c4cccc(F)c4)C3)C2)nn1. The summed E-state index contributed by atoms with van der Waals surface area (Å²) in [6, 6.07) is 9.16. The molecule has 0 bridgehead atoms. The molecule has 1 aromatic carbocycles. The van der Waals surface area contributed by atoms with Crippen LogP contribution in [-0.2, 0) is 10.0 Å². The van der Waals surface area contributed by atoms with Crippen LogP contribution in [0, 0.1) is 18.2 Å². The zero-order chi connectivity index (χ0) is 19.1. The minimum absolute atomic E-state index is 0.0246. The van der Waals surface area contributed by atoms with Gasteiger partial charge in [-0.1, -0.05) is 6.07 Å². The molecule has 2 saturated heterocycles. The second-order valence-corrected chi connectivity index (χ2v) is 9.54. The number of hydrogen-bond donors (Lipinski definition) is 0. The molecule has 2 aliphatic rings. The van der Waals surface area contributed by atoms with Crippen LogP contribution in [0.15, 0.2) is 41.3 Å². The molecule has 144 valence electrons. The van der Waals surface area contributed by atoms with Gasteiger partial charge in [-0.3, -0.25) is 0 Å². The minimum Gasteiger partial charge on any atom is -0.355 e. The molecular formula is C19H23FN4O2S. The number of aryl methyl sites for hydroxylation is 1. The minimum atomic E-state index is -3.68. The molecule has 0 unspecified atom stereocenters. The molecule has 4 rings (SSSR count). The molecule has 0 saturated carbocycles. The lowest BCUT2D eigenvalue weighted by Gasteiger charge is -2.40. The molecule has 1 atom stereocenters. The summed E-state index contributed by atoms with van der Waals surface area (Å²) in [5.41, 5.74) is 0.782. The largest absolute Gasteiger partial charge is 0.355 e. The summed E-state index contributed by atoms with van der Waals surface area (Å²) in [6.07, 6.45) is 2.78. The van der Waals surface area contributed by atoms with Crippen LogP contribution in [0.2, 0.25) is 0 Å². The maximum absolute atomic E-state index is 13.5. The summed E-state index contributed by atoms with van der Waals surface area (Å²) in [6.45, 7) is 4.49. The Balaban J connectivity index is 1.53. The Morgan fingerprint density at radius 3 is 2.67 bits per heavy atom. The van der Waals surface area contributed by atoms with Crippen LogP contribution in [0.4, 0.5) is 10.2 Å². The van der Waals surface area contributed by atoms with Crippen molar-refractivity contribution in [1.29, 1.82) is 0 Å². The Morgan fingerprint density at radius 2 is 1.93 bits per heavy atom. The molecule has 2 aromatic rings. The molecule has 0 aliphatic carbocycles. The molecule has 1 spiro atoms. The Bertz CT molecular complexity index is 935. The van der Waals surface area contributed by atoms with E-state index in [1.807, 2.05) is 19.1 Å². The molecule has 6 nitrogen and oxygen atoms in total. The normalized spacial score (nSPS) is 23.9. The second-order valence-electron chi connectivity index (χ2n) is 7.60. The smallest absolute Gasteiger partial charge is 0.243 e. The summed E-state index contributed by atoms with van der Waals surface area (Å²) < 4.78 is 40.9. The van der Waals surface area contributed by atoms with E-state index >= 15 is 0 Å². The van der Waals surface area contributed by atoms with Crippen molar-refractivity contribution >= 4 is 15.8 Å². The number of benzene rings is 1. The number of halogens is 1. The third-order valence-electron chi connectivity index (χ3n) is 5.61. The third kappa shape index (κ3) is 3.55. The van der Waals surface area contributed by atoms with Gasteiger partial charge in [0, 0.05) is 31.6 Å². The lowest BCUT2D eigenvalue weighted by atomic mass is 9.79. The van der Waals surface area contributed by atoms with E-state index in [4.69, 9.17) is 0 Å². The second kappa shape index (κ2) is 6.83. The number of piperidine rings is 1. The zero-order valence-electron chi connectivity index (χ0n) is 15.3. The first-order valence-electron chi connectivity index (χ1n) is 9.19. The molecular weight excluding hydrogens is 367 g/mol. The number of aromatic nitrogens is 2. The standard InChI is InChI=1S/C19H23FN4O2S/c1-15-6-7-18(22-21-15)23-10-3-8-19(13-23)9-11-24(14-19)27(25,26)17-5-2-4-16(20)12-17/h2,4-7,12H,3,8-11,13-14H2,1H3/t19-/m1/s1. The molecule has 0 radical (unpaired) electrons. The number of rotatable bonds is 3. The molecule has 2 aliphatic heterocycles. The van der Waals surface area contributed by atoms with Crippen molar-refractivity contribution < 1.29 is 12.8 Å². The van der Waals surface area contributed by atoms with Gasteiger partial charge in [0.15, 0.2) is 5.82 Å². The van der Waals surface area contributed by atoms with Crippen molar-refractivity contribution in [2.75, 3.05) is 31.1 Å². The fourth-order valence-electron chi connectivity index (χ4n) is 4.17. The Hall–Kier alpha value is -2.06. The van der Waals surface area contributed by atoms with Gasteiger partial charge in [-0.05, 0) is 56.5 Å². The predicted molar refractivity (Wildman–Crippen MR) is 100 cm³/mol. The third-order valence-corrected chi connectivity index (χ3v) is 7.45. The van der Waals surface area contributed by atoms with Crippen molar-refractivity contribution in [2.24, 2.45) is 5.41 Å². The van der Waals surface area contributed by atoms with Crippen LogP contribution in [0.25, 0.3) is 0 Å². The number of anilines is 1. The Labute approximate surface area is 159 Å². The van der Waals surface area contributed by atoms with E-state index in [9.17, 15) is 12.8 Å². The molecule has 2 fully saturated rings. The van der Waals surface area contributed by atoms with Crippen LogP contribution >= 0.6 is 0 Å². The van der Waals surface area contributed by atoms with E-state index in [0.717, 1.165) is 49.9 Å². The highest BCUT2D eigenvalue weighted by atomic mass is 32.2. The van der Waals surface area contributed by atoms with Crippen molar-refractivity contribution in [2.45, 2.75) is 31.1 Å². The van der Waals surface area contributed by atoms with E-state index in [-0.39, 0.29) is 10.3 Å². The van der Waals surface area contributed by atoms with E-state index < -0.39 is 15.8 Å². The highest BCUT2D eigenvalue weighted by Gasteiger charge is 2.45. The van der Waals surface area contributed by atoms with Crippen molar-refractivity contribution in [3.8, 4) is 0 Å². The molecule has 0 N–H and O–H groups in total. The van der Waals surface area contributed by atoms with Gasteiger partial charge in [0.05, 0.1) is 10.6 Å². The summed E-state index contributed by atoms with van der Waals surface area (Å²) in [5.74, 6) is 0.304. The summed E-state index contributed by atoms with van der Waals surface area (Å²) in [4.78, 5) is 2.23. The lowest BCUT2D eigenvalue weighted by molar-refractivity contribution is 0.246. The van der Waals surface area contributed by atoms with Crippen LogP contribution in [-0.4, -0.2) is 49.1 Å². The molecule has 8 heteroatoms. The van der Waals surface area contributed by atoms with Gasteiger partial charge in [-0.2, -0.15) is 9.40 Å². The van der Waals surface area contributed by atoms with E-state index in [0.29, 0.717) is 13.1 Å². The lowest BCUT2D eigenvalue weighted by Crippen LogP contribution is -2.45. The van der Waals surface area contributed by atoms with Gasteiger partial charge in [0.2, 0.25) is 10.0 Å². The first kappa shape index (κ1) is 18.3. The van der Waals surface area contributed by atoms with Gasteiger partial charge in [0.25, 0.3) is 0 Å². The van der Waals surface area contributed by atoms with E-state index in [1.54, 1.807) is 0 Å². The Kier molecular flexibility index (Phi) is 4.63. The fourth-order valence-corrected chi connectivity index (χ4v) is 5.76. The van der Waals surface area contributed by atoms with Crippen LogP contribution in [0.5, 0.6) is 0 Å². The summed E-state index contributed by atoms with van der Waals surface area (Å²) in [7, 11) is -3.68. The number of nitrogens with zero attached hydrogens (tertiary/aromatic N) is 4. The van der Waals surface area contributed by atoms with Gasteiger partial charge < -0.3 is 4.90 Å². The van der Waals surface area contributed by atoms with E-state index in [1.165, 1.54) is 22.5 Å². The molecule has 3 heterocycles. The summed E-state index contributed by atoms with van der Waals surface area (Å²) >= 11 is 0. The highest BCUT2D eigenvalue weighted by Crippen LogP contribution is 2.41. The van der Waals surface area contributed by atoms with Crippen molar-refractivity contribution in [3.05, 3.63) is 47.9 Å². The number of hydrogen-bond acceptors (Lipinski definition) is 5. The van der Waals surface area contributed by atoms with Gasteiger partial charge in [-0.25, -0.2) is 12.8 Å². The van der Waals surface area contributed by atoms with E-state index in [2.05, 4.69) is 15.1 Å². The monoisotopic (exact) mass is 390 g/mol. The van der Waals surface area contributed by atoms with Crippen LogP contribution in [0.1, 0.15) is 25.0 Å². The highest BCUT2D eigenvalue weighted by molar-refractivity contribution is 7.89. The van der Waals surface area contributed by atoms with Crippen LogP contribution < -0.4 is 4.90 Å². The predicted octanol–water partition coefficient (Wildman–Crippen LogP) is 2.61. The first-order valence-corrected chi connectivity index (χ1v) is 10.6. The molecule has 0 amide bonds. The maximum atomic E-state index is 13.5. The maximum Gasteiger partial charge on any atom is 0.243 e. The Morgan fingerprint density at radius 1 is 1.07 bits per heavy atom.